The lowest BCUT2D eigenvalue weighted by atomic mass is 9.98. The molecule has 0 spiro atoms. The number of carbonyl (C=O) groups excluding carboxylic acids is 2. The summed E-state index contributed by atoms with van der Waals surface area (Å²) in [5.74, 6) is -0.164. The smallest absolute Gasteiger partial charge is 0.246 e. The van der Waals surface area contributed by atoms with Crippen LogP contribution in [-0.4, -0.2) is 48.6 Å². The van der Waals surface area contributed by atoms with Crippen molar-refractivity contribution in [2.24, 2.45) is 0 Å². The Morgan fingerprint density at radius 1 is 1.26 bits per heavy atom. The number of nitrogens with zero attached hydrogens (tertiary/aromatic N) is 1. The average molecular weight is 268 g/mol. The van der Waals surface area contributed by atoms with E-state index < -0.39 is 0 Å². The fraction of sp³-hybridized carbons (Fsp3) is 0.857. The number of hydrogen-bond acceptors (Lipinski definition) is 4. The van der Waals surface area contributed by atoms with Gasteiger partial charge in [0, 0.05) is 13.1 Å². The molecule has 1 aliphatic heterocycles. The van der Waals surface area contributed by atoms with Crippen molar-refractivity contribution in [2.75, 3.05) is 19.7 Å². The van der Waals surface area contributed by atoms with Crippen molar-refractivity contribution in [1.29, 1.82) is 0 Å². The molecule has 1 N–H and O–H groups in total. The van der Waals surface area contributed by atoms with Gasteiger partial charge in [0.2, 0.25) is 11.8 Å². The standard InChI is InChI=1S/C14H24N2O3/c1-2-16-13(17)10-12(14(16)18)15-8-9-19-11-6-4-3-5-7-11/h11-12,15H,2-10H2,1H3. The van der Waals surface area contributed by atoms with Gasteiger partial charge in [-0.05, 0) is 19.8 Å². The predicted molar refractivity (Wildman–Crippen MR) is 71.6 cm³/mol. The molecule has 2 aliphatic rings. The molecule has 2 amide bonds. The Kier molecular flexibility index (Phi) is 5.34. The van der Waals surface area contributed by atoms with Gasteiger partial charge in [-0.2, -0.15) is 0 Å². The molecule has 2 rings (SSSR count). The maximum absolute atomic E-state index is 11.8. The van der Waals surface area contributed by atoms with Crippen LogP contribution >= 0.6 is 0 Å². The predicted octanol–water partition coefficient (Wildman–Crippen LogP) is 1.07. The number of amides is 2. The van der Waals surface area contributed by atoms with Crippen LogP contribution in [0.3, 0.4) is 0 Å². The first-order valence-electron chi connectivity index (χ1n) is 7.41. The van der Waals surface area contributed by atoms with Crippen molar-refractivity contribution < 1.29 is 14.3 Å². The van der Waals surface area contributed by atoms with E-state index in [9.17, 15) is 9.59 Å². The van der Waals surface area contributed by atoms with Crippen molar-refractivity contribution in [3.63, 3.8) is 0 Å². The molecule has 5 heteroatoms. The topological polar surface area (TPSA) is 58.6 Å². The zero-order valence-corrected chi connectivity index (χ0v) is 11.7. The van der Waals surface area contributed by atoms with E-state index in [-0.39, 0.29) is 24.3 Å². The largest absolute Gasteiger partial charge is 0.377 e. The van der Waals surface area contributed by atoms with Crippen LogP contribution < -0.4 is 5.32 Å². The second-order valence-corrected chi connectivity index (χ2v) is 5.32. The summed E-state index contributed by atoms with van der Waals surface area (Å²) in [5.41, 5.74) is 0. The minimum atomic E-state index is -0.345. The third-order valence-electron chi connectivity index (χ3n) is 3.96. The van der Waals surface area contributed by atoms with Crippen molar-refractivity contribution >= 4 is 11.8 Å². The highest BCUT2D eigenvalue weighted by molar-refractivity contribution is 6.05. The molecule has 1 saturated heterocycles. The number of carbonyl (C=O) groups is 2. The van der Waals surface area contributed by atoms with Gasteiger partial charge < -0.3 is 10.1 Å². The Labute approximate surface area is 114 Å². The van der Waals surface area contributed by atoms with Crippen LogP contribution in [0.5, 0.6) is 0 Å². The lowest BCUT2D eigenvalue weighted by Gasteiger charge is -2.22. The first-order valence-corrected chi connectivity index (χ1v) is 7.41. The molecule has 5 nitrogen and oxygen atoms in total. The number of imide groups is 1. The second kappa shape index (κ2) is 7.01. The molecule has 19 heavy (non-hydrogen) atoms. The molecule has 1 atom stereocenters. The Hall–Kier alpha value is -0.940. The summed E-state index contributed by atoms with van der Waals surface area (Å²) < 4.78 is 5.79. The zero-order chi connectivity index (χ0) is 13.7. The summed E-state index contributed by atoms with van der Waals surface area (Å²) in [4.78, 5) is 24.7. The highest BCUT2D eigenvalue weighted by atomic mass is 16.5. The van der Waals surface area contributed by atoms with Gasteiger partial charge in [-0.1, -0.05) is 19.3 Å². The fourth-order valence-electron chi connectivity index (χ4n) is 2.87. The molecule has 2 fully saturated rings. The van der Waals surface area contributed by atoms with Gasteiger partial charge in [0.25, 0.3) is 0 Å². The molecule has 0 aromatic heterocycles. The molecule has 1 unspecified atom stereocenters. The Morgan fingerprint density at radius 3 is 2.63 bits per heavy atom. The molecule has 1 heterocycles. The summed E-state index contributed by atoms with van der Waals surface area (Å²) in [6, 6.07) is -0.345. The van der Waals surface area contributed by atoms with E-state index in [1.165, 1.54) is 24.2 Å². The van der Waals surface area contributed by atoms with Gasteiger partial charge in [-0.3, -0.25) is 14.5 Å². The first kappa shape index (κ1) is 14.5. The van der Waals surface area contributed by atoms with E-state index >= 15 is 0 Å². The van der Waals surface area contributed by atoms with E-state index in [1.54, 1.807) is 0 Å². The minimum Gasteiger partial charge on any atom is -0.377 e. The summed E-state index contributed by atoms with van der Waals surface area (Å²) >= 11 is 0. The number of likely N-dealkylation sites (tertiary alicyclic amines) is 1. The SMILES string of the molecule is CCN1C(=O)CC(NCCOC2CCCCC2)C1=O. The first-order chi connectivity index (χ1) is 9.22. The minimum absolute atomic E-state index is 0.0711. The number of likely N-dealkylation sites (N-methyl/N-ethyl adjacent to an activating group) is 1. The number of hydrogen-bond donors (Lipinski definition) is 1. The molecular weight excluding hydrogens is 244 g/mol. The van der Waals surface area contributed by atoms with Gasteiger partial charge >= 0.3 is 0 Å². The van der Waals surface area contributed by atoms with Gasteiger partial charge in [-0.15, -0.1) is 0 Å². The van der Waals surface area contributed by atoms with Crippen LogP contribution in [0, 0.1) is 0 Å². The molecule has 1 saturated carbocycles. The van der Waals surface area contributed by atoms with Gasteiger partial charge in [0.1, 0.15) is 0 Å². The molecule has 0 radical (unpaired) electrons. The van der Waals surface area contributed by atoms with Gasteiger partial charge in [0.15, 0.2) is 0 Å². The summed E-state index contributed by atoms with van der Waals surface area (Å²) in [6.45, 7) is 3.55. The van der Waals surface area contributed by atoms with Crippen LogP contribution in [0.2, 0.25) is 0 Å². The molecule has 108 valence electrons. The van der Waals surface area contributed by atoms with Crippen LogP contribution in [-0.2, 0) is 14.3 Å². The zero-order valence-electron chi connectivity index (χ0n) is 11.7. The maximum Gasteiger partial charge on any atom is 0.246 e. The van der Waals surface area contributed by atoms with E-state index in [1.807, 2.05) is 6.92 Å². The highest BCUT2D eigenvalue weighted by Gasteiger charge is 2.36. The van der Waals surface area contributed by atoms with E-state index in [4.69, 9.17) is 4.74 Å². The summed E-state index contributed by atoms with van der Waals surface area (Å²) in [5, 5.41) is 3.13. The monoisotopic (exact) mass is 268 g/mol. The van der Waals surface area contributed by atoms with Crippen LogP contribution in [0.15, 0.2) is 0 Å². The Balaban J connectivity index is 1.63. The third kappa shape index (κ3) is 3.76. The molecule has 0 bridgehead atoms. The molecule has 1 aliphatic carbocycles. The van der Waals surface area contributed by atoms with Crippen molar-refractivity contribution in [3.05, 3.63) is 0 Å². The fourth-order valence-corrected chi connectivity index (χ4v) is 2.87. The van der Waals surface area contributed by atoms with E-state index in [0.717, 1.165) is 12.8 Å². The number of rotatable bonds is 6. The average Bonchev–Trinajstić information content (AvgIpc) is 2.70. The normalized spacial score (nSPS) is 25.3. The van der Waals surface area contributed by atoms with Crippen LogP contribution in [0.4, 0.5) is 0 Å². The quantitative estimate of drug-likeness (QED) is 0.578. The van der Waals surface area contributed by atoms with Gasteiger partial charge in [-0.25, -0.2) is 0 Å². The summed E-state index contributed by atoms with van der Waals surface area (Å²) in [6.07, 6.45) is 6.84. The lowest BCUT2D eigenvalue weighted by Crippen LogP contribution is -2.40. The van der Waals surface area contributed by atoms with Crippen LogP contribution in [0.25, 0.3) is 0 Å². The van der Waals surface area contributed by atoms with Crippen molar-refractivity contribution in [3.8, 4) is 0 Å². The van der Waals surface area contributed by atoms with Crippen LogP contribution in [0.1, 0.15) is 45.4 Å². The maximum atomic E-state index is 11.8. The number of ether oxygens (including phenoxy) is 1. The molecule has 0 aromatic carbocycles. The molecule has 0 aromatic rings. The second-order valence-electron chi connectivity index (χ2n) is 5.32. The Bertz CT molecular complexity index is 327. The van der Waals surface area contributed by atoms with E-state index in [2.05, 4.69) is 5.32 Å². The lowest BCUT2D eigenvalue weighted by molar-refractivity contribution is -0.138. The molecular formula is C14H24N2O3. The van der Waals surface area contributed by atoms with Crippen molar-refractivity contribution in [2.45, 2.75) is 57.6 Å². The number of nitrogens with one attached hydrogen (secondary N) is 1. The third-order valence-corrected chi connectivity index (χ3v) is 3.96. The van der Waals surface area contributed by atoms with Gasteiger partial charge in [0.05, 0.1) is 25.2 Å². The van der Waals surface area contributed by atoms with Crippen molar-refractivity contribution in [1.82, 2.24) is 10.2 Å². The summed E-state index contributed by atoms with van der Waals surface area (Å²) in [7, 11) is 0. The van der Waals surface area contributed by atoms with E-state index in [0.29, 0.717) is 25.8 Å². The Morgan fingerprint density at radius 2 is 2.00 bits per heavy atom. The highest BCUT2D eigenvalue weighted by Crippen LogP contribution is 2.20.